The van der Waals surface area contributed by atoms with Crippen molar-refractivity contribution in [1.82, 2.24) is 5.32 Å². The van der Waals surface area contributed by atoms with E-state index in [1.165, 1.54) is 0 Å². The summed E-state index contributed by atoms with van der Waals surface area (Å²) in [7, 11) is 0. The highest BCUT2D eigenvalue weighted by Crippen LogP contribution is 2.36. The first-order valence-electron chi connectivity index (χ1n) is 12.6. The van der Waals surface area contributed by atoms with E-state index in [0.29, 0.717) is 13.0 Å². The number of ether oxygens (including phenoxy) is 2. The second kappa shape index (κ2) is 12.0. The largest absolute Gasteiger partial charge is 0.456 e. The van der Waals surface area contributed by atoms with Gasteiger partial charge in [0.1, 0.15) is 5.76 Å². The zero-order valence-electron chi connectivity index (χ0n) is 21.0. The highest BCUT2D eigenvalue weighted by atomic mass is 35.5. The van der Waals surface area contributed by atoms with E-state index < -0.39 is 0 Å². The molecule has 38 heavy (non-hydrogen) atoms. The van der Waals surface area contributed by atoms with Crippen LogP contribution in [0.15, 0.2) is 95.4 Å². The van der Waals surface area contributed by atoms with E-state index in [1.807, 2.05) is 72.8 Å². The zero-order valence-corrected chi connectivity index (χ0v) is 21.8. The van der Waals surface area contributed by atoms with Crippen LogP contribution >= 0.6 is 11.6 Å². The number of rotatable bonds is 10. The molecule has 0 unspecified atom stereocenters. The number of nitrogens with one attached hydrogen (secondary N) is 2. The molecule has 0 bridgehead atoms. The Hall–Kier alpha value is -4.00. The average molecular weight is 529 g/mol. The van der Waals surface area contributed by atoms with Gasteiger partial charge in [-0.25, -0.2) is 0 Å². The molecule has 1 amide bonds. The fraction of sp³-hybridized carbons (Fsp3) is 0.194. The summed E-state index contributed by atoms with van der Waals surface area (Å²) in [6.45, 7) is 3.07. The summed E-state index contributed by atoms with van der Waals surface area (Å²) in [5, 5.41) is 7.20. The summed E-state index contributed by atoms with van der Waals surface area (Å²) >= 11 is 5.98. The molecular weight excluding hydrogens is 500 g/mol. The van der Waals surface area contributed by atoms with Gasteiger partial charge in [-0.05, 0) is 66.6 Å². The number of hydrogen-bond donors (Lipinski definition) is 2. The lowest BCUT2D eigenvalue weighted by atomic mass is 9.88. The van der Waals surface area contributed by atoms with Gasteiger partial charge in [-0.2, -0.15) is 0 Å². The molecule has 3 aromatic carbocycles. The molecule has 0 aliphatic carbocycles. The maximum absolute atomic E-state index is 12.7. The van der Waals surface area contributed by atoms with Gasteiger partial charge in [0, 0.05) is 35.6 Å². The number of hydrogen-bond acceptors (Lipinski definition) is 5. The van der Waals surface area contributed by atoms with Crippen molar-refractivity contribution in [3.63, 3.8) is 0 Å². The van der Waals surface area contributed by atoms with Crippen LogP contribution in [0.1, 0.15) is 40.3 Å². The van der Waals surface area contributed by atoms with Gasteiger partial charge in [0.15, 0.2) is 17.3 Å². The highest BCUT2D eigenvalue weighted by Gasteiger charge is 2.24. The molecule has 2 heterocycles. The van der Waals surface area contributed by atoms with E-state index in [9.17, 15) is 4.79 Å². The van der Waals surface area contributed by atoms with Crippen molar-refractivity contribution >= 4 is 29.3 Å². The molecule has 5 rings (SSSR count). The van der Waals surface area contributed by atoms with E-state index in [1.54, 1.807) is 6.07 Å². The zero-order chi connectivity index (χ0) is 26.3. The summed E-state index contributed by atoms with van der Waals surface area (Å²) in [4.78, 5) is 12.7. The second-order valence-corrected chi connectivity index (χ2v) is 9.60. The van der Waals surface area contributed by atoms with Crippen molar-refractivity contribution < 1.29 is 18.7 Å². The number of para-hydroxylation sites is 1. The van der Waals surface area contributed by atoms with Gasteiger partial charge in [0.05, 0.1) is 0 Å². The second-order valence-electron chi connectivity index (χ2n) is 9.16. The highest BCUT2D eigenvalue weighted by molar-refractivity contribution is 6.30. The number of amides is 1. The molecule has 1 aliphatic heterocycles. The van der Waals surface area contributed by atoms with Crippen LogP contribution in [-0.4, -0.2) is 25.3 Å². The monoisotopic (exact) mass is 528 g/mol. The van der Waals surface area contributed by atoms with Crippen molar-refractivity contribution in [1.29, 1.82) is 0 Å². The molecule has 6 nitrogen and oxygen atoms in total. The molecule has 0 saturated carbocycles. The van der Waals surface area contributed by atoms with Crippen LogP contribution in [0.5, 0.6) is 11.5 Å². The summed E-state index contributed by atoms with van der Waals surface area (Å²) < 4.78 is 17.1. The average Bonchev–Trinajstić information content (AvgIpc) is 3.60. The quantitative estimate of drug-likeness (QED) is 0.233. The lowest BCUT2D eigenvalue weighted by molar-refractivity contribution is 0.0994. The van der Waals surface area contributed by atoms with Crippen molar-refractivity contribution in [3.8, 4) is 11.5 Å². The van der Waals surface area contributed by atoms with Gasteiger partial charge in [-0.3, -0.25) is 4.79 Å². The molecule has 1 aromatic heterocycles. The Bertz CT molecular complexity index is 1400. The van der Waals surface area contributed by atoms with E-state index in [4.69, 9.17) is 25.5 Å². The van der Waals surface area contributed by atoms with Gasteiger partial charge < -0.3 is 24.5 Å². The number of benzene rings is 3. The van der Waals surface area contributed by atoms with Crippen LogP contribution in [-0.2, 0) is 6.42 Å². The predicted molar refractivity (Wildman–Crippen MR) is 150 cm³/mol. The van der Waals surface area contributed by atoms with Gasteiger partial charge in [0.2, 0.25) is 6.79 Å². The minimum absolute atomic E-state index is 0.0598. The number of fused-ring (bicyclic) bond motifs is 1. The minimum Gasteiger partial charge on any atom is -0.456 e. The maximum atomic E-state index is 12.7. The Kier molecular flexibility index (Phi) is 8.12. The van der Waals surface area contributed by atoms with E-state index in [0.717, 1.165) is 39.1 Å². The van der Waals surface area contributed by atoms with Crippen LogP contribution in [0.25, 0.3) is 6.08 Å². The number of furan rings is 1. The van der Waals surface area contributed by atoms with Crippen molar-refractivity contribution in [2.45, 2.75) is 25.3 Å². The van der Waals surface area contributed by atoms with Crippen LogP contribution in [0.4, 0.5) is 5.69 Å². The number of carbonyl (C=O) groups excluding carboxylic acids is 1. The normalized spacial score (nSPS) is 13.9. The molecule has 1 aliphatic rings. The number of halogens is 1. The fourth-order valence-electron chi connectivity index (χ4n) is 4.43. The van der Waals surface area contributed by atoms with Gasteiger partial charge in [-0.15, -0.1) is 0 Å². The third-order valence-corrected chi connectivity index (χ3v) is 6.76. The number of anilines is 1. The molecule has 0 spiro atoms. The predicted octanol–water partition coefficient (Wildman–Crippen LogP) is 6.93. The molecule has 0 radical (unpaired) electrons. The standard InChI is InChI=1S/C31H29ClN2O4/c1-21(33-17-5-6-22-9-12-24(32)13-10-22)27(23-11-15-28-30(18-23)37-20-36-28)19-26-14-16-29(38-26)31(35)34-25-7-3-2-4-8-25/h2-16,18,21,27,33H,17,19-20H2,1H3,(H,34,35)/b6-5+/t21-,27+/m0/s1. The molecule has 2 atom stereocenters. The lowest BCUT2D eigenvalue weighted by Crippen LogP contribution is -2.33. The topological polar surface area (TPSA) is 72.7 Å². The summed E-state index contributed by atoms with van der Waals surface area (Å²) in [5.74, 6) is 2.28. The van der Waals surface area contributed by atoms with Crippen molar-refractivity contribution in [2.24, 2.45) is 0 Å². The Morgan fingerprint density at radius 2 is 1.76 bits per heavy atom. The summed E-state index contributed by atoms with van der Waals surface area (Å²) in [5.41, 5.74) is 2.91. The first kappa shape index (κ1) is 25.6. The number of carbonyl (C=O) groups is 1. The SMILES string of the molecule is C[C@H](NC/C=C/c1ccc(Cl)cc1)[C@@H](Cc1ccc(C(=O)Nc2ccccc2)o1)c1ccc2c(c1)OCO2. The molecular formula is C31H29ClN2O4. The fourth-order valence-corrected chi connectivity index (χ4v) is 4.56. The third-order valence-electron chi connectivity index (χ3n) is 6.50. The van der Waals surface area contributed by atoms with Crippen molar-refractivity contribution in [3.05, 3.63) is 119 Å². The van der Waals surface area contributed by atoms with Crippen LogP contribution in [0, 0.1) is 0 Å². The van der Waals surface area contributed by atoms with Gasteiger partial charge in [0.25, 0.3) is 5.91 Å². The Morgan fingerprint density at radius 3 is 2.58 bits per heavy atom. The maximum Gasteiger partial charge on any atom is 0.291 e. The Morgan fingerprint density at radius 1 is 0.974 bits per heavy atom. The minimum atomic E-state index is -0.277. The molecule has 0 fully saturated rings. The van der Waals surface area contributed by atoms with Crippen LogP contribution in [0.3, 0.4) is 0 Å². The lowest BCUT2D eigenvalue weighted by Gasteiger charge is -2.25. The third kappa shape index (κ3) is 6.46. The first-order valence-corrected chi connectivity index (χ1v) is 12.9. The Balaban J connectivity index is 1.29. The smallest absolute Gasteiger partial charge is 0.291 e. The molecule has 4 aromatic rings. The van der Waals surface area contributed by atoms with Crippen LogP contribution < -0.4 is 20.1 Å². The van der Waals surface area contributed by atoms with Gasteiger partial charge >= 0.3 is 0 Å². The molecule has 0 saturated heterocycles. The van der Waals surface area contributed by atoms with Gasteiger partial charge in [-0.1, -0.05) is 60.2 Å². The Labute approximate surface area is 227 Å². The van der Waals surface area contributed by atoms with E-state index in [-0.39, 0.29) is 30.4 Å². The first-order chi connectivity index (χ1) is 18.5. The summed E-state index contributed by atoms with van der Waals surface area (Å²) in [6.07, 6.45) is 4.76. The molecule has 7 heteroatoms. The van der Waals surface area contributed by atoms with Crippen LogP contribution in [0.2, 0.25) is 5.02 Å². The summed E-state index contributed by atoms with van der Waals surface area (Å²) in [6, 6.07) is 26.8. The molecule has 194 valence electrons. The van der Waals surface area contributed by atoms with E-state index >= 15 is 0 Å². The van der Waals surface area contributed by atoms with Crippen molar-refractivity contribution in [2.75, 3.05) is 18.7 Å². The van der Waals surface area contributed by atoms with E-state index in [2.05, 4.69) is 35.8 Å². The molecule has 2 N–H and O–H groups in total.